The van der Waals surface area contributed by atoms with E-state index in [2.05, 4.69) is 5.16 Å². The summed E-state index contributed by atoms with van der Waals surface area (Å²) in [6.45, 7) is 0. The number of hydrogen-bond acceptors (Lipinski definition) is 4. The summed E-state index contributed by atoms with van der Waals surface area (Å²) in [4.78, 5) is 5.48. The van der Waals surface area contributed by atoms with Crippen molar-refractivity contribution >= 4 is 5.71 Å². The quantitative estimate of drug-likeness (QED) is 0.930. The first-order valence-corrected chi connectivity index (χ1v) is 6.42. The molecule has 0 bridgehead atoms. The van der Waals surface area contributed by atoms with Crippen molar-refractivity contribution in [2.24, 2.45) is 5.16 Å². The second-order valence-electron chi connectivity index (χ2n) is 4.66. The van der Waals surface area contributed by atoms with Crippen LogP contribution in [0.2, 0.25) is 0 Å². The molecule has 20 heavy (non-hydrogen) atoms. The highest BCUT2D eigenvalue weighted by Gasteiger charge is 2.23. The Morgan fingerprint density at radius 2 is 1.80 bits per heavy atom. The lowest BCUT2D eigenvalue weighted by Crippen LogP contribution is -2.01. The number of methoxy groups -OCH3 is 1. The molecule has 0 saturated heterocycles. The number of oxime groups is 1. The summed E-state index contributed by atoms with van der Waals surface area (Å²) in [6.07, 6.45) is 0.629. The van der Waals surface area contributed by atoms with Crippen LogP contribution in [-0.2, 0) is 4.84 Å². The predicted octanol–water partition coefficient (Wildman–Crippen LogP) is 3.27. The van der Waals surface area contributed by atoms with E-state index in [-0.39, 0.29) is 11.9 Å². The zero-order valence-electron chi connectivity index (χ0n) is 11.1. The largest absolute Gasteiger partial charge is 0.508 e. The molecule has 4 nitrogen and oxygen atoms in total. The van der Waals surface area contributed by atoms with Gasteiger partial charge in [-0.3, -0.25) is 0 Å². The Hall–Kier alpha value is -2.49. The number of hydrogen-bond donors (Lipinski definition) is 1. The molecule has 1 unspecified atom stereocenters. The lowest BCUT2D eigenvalue weighted by atomic mass is 10.0. The van der Waals surface area contributed by atoms with Crippen molar-refractivity contribution in [1.82, 2.24) is 0 Å². The Kier molecular flexibility index (Phi) is 3.29. The van der Waals surface area contributed by atoms with Gasteiger partial charge in [-0.2, -0.15) is 0 Å². The summed E-state index contributed by atoms with van der Waals surface area (Å²) >= 11 is 0. The molecule has 0 amide bonds. The van der Waals surface area contributed by atoms with Crippen LogP contribution in [0.5, 0.6) is 11.5 Å². The fourth-order valence-electron chi connectivity index (χ4n) is 2.20. The van der Waals surface area contributed by atoms with Crippen LogP contribution in [0, 0.1) is 0 Å². The third kappa shape index (κ3) is 2.45. The maximum atomic E-state index is 9.30. The first kappa shape index (κ1) is 12.5. The van der Waals surface area contributed by atoms with Crippen molar-refractivity contribution in [3.63, 3.8) is 0 Å². The SMILES string of the molecule is COc1ccc(C2=NOC(c3ccc(O)cc3)C2)cc1. The van der Waals surface area contributed by atoms with Crippen molar-refractivity contribution in [3.8, 4) is 11.5 Å². The van der Waals surface area contributed by atoms with Gasteiger partial charge < -0.3 is 14.7 Å². The van der Waals surface area contributed by atoms with E-state index in [0.717, 1.165) is 29.0 Å². The summed E-state index contributed by atoms with van der Waals surface area (Å²) in [5.74, 6) is 1.08. The standard InChI is InChI=1S/C16H15NO3/c1-19-14-8-4-11(5-9-14)15-10-16(20-17-15)12-2-6-13(18)7-3-12/h2-9,16,18H,10H2,1H3. The smallest absolute Gasteiger partial charge is 0.158 e. The summed E-state index contributed by atoms with van der Waals surface area (Å²) in [7, 11) is 1.64. The Morgan fingerprint density at radius 3 is 2.45 bits per heavy atom. The Labute approximate surface area is 117 Å². The van der Waals surface area contributed by atoms with Crippen LogP contribution in [-0.4, -0.2) is 17.9 Å². The molecule has 1 atom stereocenters. The topological polar surface area (TPSA) is 51.0 Å². The summed E-state index contributed by atoms with van der Waals surface area (Å²) in [6, 6.07) is 14.8. The molecule has 4 heteroatoms. The minimum atomic E-state index is -0.0901. The van der Waals surface area contributed by atoms with E-state index < -0.39 is 0 Å². The maximum absolute atomic E-state index is 9.30. The normalized spacial score (nSPS) is 17.4. The van der Waals surface area contributed by atoms with Crippen molar-refractivity contribution in [3.05, 3.63) is 59.7 Å². The minimum absolute atomic E-state index is 0.0901. The highest BCUT2D eigenvalue weighted by atomic mass is 16.6. The molecule has 0 aromatic heterocycles. The molecule has 0 spiro atoms. The first-order valence-electron chi connectivity index (χ1n) is 6.42. The Balaban J connectivity index is 1.73. The number of rotatable bonds is 3. The molecule has 1 N–H and O–H groups in total. The van der Waals surface area contributed by atoms with Crippen molar-refractivity contribution < 1.29 is 14.7 Å². The van der Waals surface area contributed by atoms with E-state index in [0.29, 0.717) is 0 Å². The fourth-order valence-corrected chi connectivity index (χ4v) is 2.20. The average molecular weight is 269 g/mol. The maximum Gasteiger partial charge on any atom is 0.158 e. The van der Waals surface area contributed by atoms with Gasteiger partial charge >= 0.3 is 0 Å². The van der Waals surface area contributed by atoms with Crippen LogP contribution >= 0.6 is 0 Å². The van der Waals surface area contributed by atoms with Crippen molar-refractivity contribution in [2.45, 2.75) is 12.5 Å². The molecular weight excluding hydrogens is 254 g/mol. The number of ether oxygens (including phenoxy) is 1. The first-order chi connectivity index (χ1) is 9.76. The van der Waals surface area contributed by atoms with Gasteiger partial charge in [0.25, 0.3) is 0 Å². The summed E-state index contributed by atoms with van der Waals surface area (Å²) in [5.41, 5.74) is 2.97. The monoisotopic (exact) mass is 269 g/mol. The molecule has 2 aromatic carbocycles. The third-order valence-corrected chi connectivity index (χ3v) is 3.36. The van der Waals surface area contributed by atoms with Gasteiger partial charge in [0.15, 0.2) is 6.10 Å². The van der Waals surface area contributed by atoms with Gasteiger partial charge in [0, 0.05) is 6.42 Å². The van der Waals surface area contributed by atoms with E-state index in [1.165, 1.54) is 0 Å². The Bertz CT molecular complexity index is 617. The van der Waals surface area contributed by atoms with E-state index in [1.807, 2.05) is 36.4 Å². The van der Waals surface area contributed by atoms with Gasteiger partial charge in [0.1, 0.15) is 11.5 Å². The number of phenolic OH excluding ortho intramolecular Hbond substituents is 1. The number of benzene rings is 2. The zero-order valence-corrected chi connectivity index (χ0v) is 11.1. The molecule has 1 aliphatic heterocycles. The molecule has 0 fully saturated rings. The van der Waals surface area contributed by atoms with Crippen molar-refractivity contribution in [2.75, 3.05) is 7.11 Å². The molecular formula is C16H15NO3. The van der Waals surface area contributed by atoms with Crippen LogP contribution in [0.3, 0.4) is 0 Å². The van der Waals surface area contributed by atoms with E-state index in [1.54, 1.807) is 19.2 Å². The average Bonchev–Trinajstić information content (AvgIpc) is 2.98. The predicted molar refractivity (Wildman–Crippen MR) is 76.1 cm³/mol. The molecule has 1 aliphatic rings. The summed E-state index contributed by atoms with van der Waals surface area (Å²) in [5, 5.41) is 13.5. The number of phenols is 1. The van der Waals surface area contributed by atoms with Crippen LogP contribution in [0.25, 0.3) is 0 Å². The molecule has 102 valence electrons. The van der Waals surface area contributed by atoms with Crippen LogP contribution < -0.4 is 4.74 Å². The second-order valence-corrected chi connectivity index (χ2v) is 4.66. The van der Waals surface area contributed by atoms with Gasteiger partial charge in [-0.1, -0.05) is 17.3 Å². The molecule has 3 rings (SSSR count). The highest BCUT2D eigenvalue weighted by molar-refractivity contribution is 6.01. The summed E-state index contributed by atoms with van der Waals surface area (Å²) < 4.78 is 5.14. The molecule has 0 aliphatic carbocycles. The Morgan fingerprint density at radius 1 is 1.10 bits per heavy atom. The van der Waals surface area contributed by atoms with Gasteiger partial charge in [0.05, 0.1) is 12.8 Å². The second kappa shape index (κ2) is 5.25. The van der Waals surface area contributed by atoms with Crippen LogP contribution in [0.1, 0.15) is 23.7 Å². The fraction of sp³-hybridized carbons (Fsp3) is 0.188. The van der Waals surface area contributed by atoms with E-state index >= 15 is 0 Å². The van der Waals surface area contributed by atoms with E-state index in [9.17, 15) is 5.11 Å². The van der Waals surface area contributed by atoms with E-state index in [4.69, 9.17) is 9.57 Å². The number of aromatic hydroxyl groups is 1. The van der Waals surface area contributed by atoms with Gasteiger partial charge in [-0.05, 0) is 47.5 Å². The van der Waals surface area contributed by atoms with Gasteiger partial charge in [-0.25, -0.2) is 0 Å². The van der Waals surface area contributed by atoms with Gasteiger partial charge in [0.2, 0.25) is 0 Å². The highest BCUT2D eigenvalue weighted by Crippen LogP contribution is 2.30. The lowest BCUT2D eigenvalue weighted by molar-refractivity contribution is 0.0857. The zero-order chi connectivity index (χ0) is 13.9. The van der Waals surface area contributed by atoms with Gasteiger partial charge in [-0.15, -0.1) is 0 Å². The molecule has 2 aromatic rings. The molecule has 0 saturated carbocycles. The lowest BCUT2D eigenvalue weighted by Gasteiger charge is -2.08. The van der Waals surface area contributed by atoms with Crippen molar-refractivity contribution in [1.29, 1.82) is 0 Å². The minimum Gasteiger partial charge on any atom is -0.508 e. The van der Waals surface area contributed by atoms with Crippen LogP contribution in [0.4, 0.5) is 0 Å². The molecule has 1 heterocycles. The van der Waals surface area contributed by atoms with Crippen LogP contribution in [0.15, 0.2) is 53.7 Å². The molecule has 0 radical (unpaired) electrons. The third-order valence-electron chi connectivity index (χ3n) is 3.36. The number of nitrogens with zero attached hydrogens (tertiary/aromatic N) is 1.